The van der Waals surface area contributed by atoms with Crippen LogP contribution in [0.15, 0.2) is 18.2 Å². The summed E-state index contributed by atoms with van der Waals surface area (Å²) in [5.74, 6) is -0.379. The average Bonchev–Trinajstić information content (AvgIpc) is 2.28. The number of nitrogens with zero attached hydrogens (tertiary/aromatic N) is 1. The van der Waals surface area contributed by atoms with Crippen LogP contribution in [0.3, 0.4) is 0 Å². The normalized spacial score (nSPS) is 11.7. The third-order valence-electron chi connectivity index (χ3n) is 2.54. The number of likely N-dealkylation sites (N-methyl/N-ethyl adjacent to an activating group) is 1. The Morgan fingerprint density at radius 3 is 2.59 bits per heavy atom. The Hall–Kier alpha value is -2.04. The van der Waals surface area contributed by atoms with Crippen molar-refractivity contribution in [1.29, 1.82) is 0 Å². The van der Waals surface area contributed by atoms with E-state index in [1.165, 1.54) is 7.05 Å². The van der Waals surface area contributed by atoms with Gasteiger partial charge < -0.3 is 14.7 Å². The van der Waals surface area contributed by atoms with Gasteiger partial charge in [0.25, 0.3) is 0 Å². The third-order valence-corrected chi connectivity index (χ3v) is 2.54. The molecule has 1 rings (SSSR count). The number of carbonyl (C=O) groups excluding carboxylic acids is 1. The lowest BCUT2D eigenvalue weighted by Gasteiger charge is -2.21. The number of benzene rings is 1. The van der Waals surface area contributed by atoms with E-state index in [2.05, 4.69) is 0 Å². The van der Waals surface area contributed by atoms with E-state index in [0.717, 1.165) is 10.5 Å². The molecule has 0 fully saturated rings. The molecule has 0 aromatic heterocycles. The highest BCUT2D eigenvalue weighted by Crippen LogP contribution is 2.25. The van der Waals surface area contributed by atoms with Crippen LogP contribution in [-0.4, -0.2) is 36.5 Å². The Morgan fingerprint density at radius 2 is 2.18 bits per heavy atom. The number of rotatable bonds is 5. The summed E-state index contributed by atoms with van der Waals surface area (Å²) in [4.78, 5) is 22.9. The zero-order valence-corrected chi connectivity index (χ0v) is 10.0. The Kier molecular flexibility index (Phi) is 4.09. The van der Waals surface area contributed by atoms with Crippen molar-refractivity contribution in [2.75, 3.05) is 14.2 Å². The summed E-state index contributed by atoms with van der Waals surface area (Å²) in [5, 5.41) is 9.11. The van der Waals surface area contributed by atoms with E-state index in [-0.39, 0.29) is 0 Å². The Bertz CT molecular complexity index is 431. The molecule has 5 heteroatoms. The smallest absolute Gasteiger partial charge is 0.331 e. The summed E-state index contributed by atoms with van der Waals surface area (Å²) in [5.41, 5.74) is 1.38. The fourth-order valence-corrected chi connectivity index (χ4v) is 1.68. The Morgan fingerprint density at radius 1 is 1.53 bits per heavy atom. The number of hydrogen-bond donors (Lipinski definition) is 1. The molecule has 5 nitrogen and oxygen atoms in total. The molecule has 0 heterocycles. The molecule has 0 spiro atoms. The molecule has 1 unspecified atom stereocenters. The average molecular weight is 237 g/mol. The molecule has 92 valence electrons. The van der Waals surface area contributed by atoms with E-state index in [9.17, 15) is 9.59 Å². The molecule has 1 aromatic rings. The fraction of sp³-hybridized carbons (Fsp3) is 0.333. The maximum absolute atomic E-state index is 11.1. The van der Waals surface area contributed by atoms with E-state index in [1.807, 2.05) is 6.92 Å². The van der Waals surface area contributed by atoms with Crippen molar-refractivity contribution in [3.8, 4) is 5.75 Å². The number of aryl methyl sites for hydroxylation is 1. The number of ether oxygens (including phenoxy) is 1. The second-order valence-corrected chi connectivity index (χ2v) is 3.74. The summed E-state index contributed by atoms with van der Waals surface area (Å²) in [7, 11) is 2.99. The highest BCUT2D eigenvalue weighted by molar-refractivity contribution is 5.78. The van der Waals surface area contributed by atoms with E-state index in [4.69, 9.17) is 9.84 Å². The van der Waals surface area contributed by atoms with Crippen LogP contribution in [0, 0.1) is 6.92 Å². The number of aliphatic carboxylic acids is 1. The number of amides is 1. The standard InChI is InChI=1S/C12H15NO4/c1-8-6-9(4-5-10(8)17-3)11(12(15)16)13(2)7-14/h4-7,11H,1-3H3,(H,15,16). The van der Waals surface area contributed by atoms with Crippen molar-refractivity contribution < 1.29 is 19.4 Å². The van der Waals surface area contributed by atoms with Gasteiger partial charge in [0.1, 0.15) is 5.75 Å². The van der Waals surface area contributed by atoms with Gasteiger partial charge in [-0.05, 0) is 30.2 Å². The van der Waals surface area contributed by atoms with Crippen LogP contribution in [0.2, 0.25) is 0 Å². The number of methoxy groups -OCH3 is 1. The van der Waals surface area contributed by atoms with Gasteiger partial charge in [-0.25, -0.2) is 4.79 Å². The fourth-order valence-electron chi connectivity index (χ4n) is 1.68. The number of carboxylic acid groups (broad SMARTS) is 1. The minimum Gasteiger partial charge on any atom is -0.496 e. The lowest BCUT2D eigenvalue weighted by atomic mass is 10.0. The third kappa shape index (κ3) is 2.75. The van der Waals surface area contributed by atoms with E-state index >= 15 is 0 Å². The summed E-state index contributed by atoms with van der Waals surface area (Å²) in [6, 6.07) is 4.07. The first-order valence-corrected chi connectivity index (χ1v) is 5.05. The van der Waals surface area contributed by atoms with Crippen LogP contribution in [0.5, 0.6) is 5.75 Å². The SMILES string of the molecule is COc1ccc(C(C(=O)O)N(C)C=O)cc1C. The number of carboxylic acids is 1. The van der Waals surface area contributed by atoms with Gasteiger partial charge in [-0.1, -0.05) is 6.07 Å². The molecule has 0 saturated heterocycles. The lowest BCUT2D eigenvalue weighted by Crippen LogP contribution is -2.29. The van der Waals surface area contributed by atoms with Gasteiger partial charge in [0, 0.05) is 7.05 Å². The summed E-state index contributed by atoms with van der Waals surface area (Å²) in [6.07, 6.45) is 0.498. The molecule has 0 aliphatic rings. The van der Waals surface area contributed by atoms with Crippen LogP contribution in [0.4, 0.5) is 0 Å². The molecule has 1 amide bonds. The molecular formula is C12H15NO4. The highest BCUT2D eigenvalue weighted by Gasteiger charge is 2.24. The van der Waals surface area contributed by atoms with Crippen LogP contribution in [0.25, 0.3) is 0 Å². The molecule has 0 saturated carbocycles. The quantitative estimate of drug-likeness (QED) is 0.782. The zero-order chi connectivity index (χ0) is 13.0. The molecule has 1 N–H and O–H groups in total. The zero-order valence-electron chi connectivity index (χ0n) is 10.0. The van der Waals surface area contributed by atoms with Gasteiger partial charge in [-0.15, -0.1) is 0 Å². The van der Waals surface area contributed by atoms with Crippen LogP contribution in [0.1, 0.15) is 17.2 Å². The van der Waals surface area contributed by atoms with Crippen molar-refractivity contribution in [2.24, 2.45) is 0 Å². The summed E-state index contributed by atoms with van der Waals surface area (Å²) >= 11 is 0. The van der Waals surface area contributed by atoms with E-state index < -0.39 is 12.0 Å². The van der Waals surface area contributed by atoms with Gasteiger partial charge >= 0.3 is 5.97 Å². The molecule has 0 aliphatic heterocycles. The van der Waals surface area contributed by atoms with Gasteiger partial charge in [-0.3, -0.25) is 4.79 Å². The number of hydrogen-bond acceptors (Lipinski definition) is 3. The van der Waals surface area contributed by atoms with Crippen LogP contribution >= 0.6 is 0 Å². The van der Waals surface area contributed by atoms with Gasteiger partial charge in [0.15, 0.2) is 6.04 Å². The topological polar surface area (TPSA) is 66.8 Å². The van der Waals surface area contributed by atoms with Crippen molar-refractivity contribution >= 4 is 12.4 Å². The number of carbonyl (C=O) groups is 2. The second kappa shape index (κ2) is 5.34. The van der Waals surface area contributed by atoms with Gasteiger partial charge in [0.05, 0.1) is 7.11 Å². The largest absolute Gasteiger partial charge is 0.496 e. The minimum atomic E-state index is -1.07. The van der Waals surface area contributed by atoms with Gasteiger partial charge in [0.2, 0.25) is 6.41 Å². The molecular weight excluding hydrogens is 222 g/mol. The van der Waals surface area contributed by atoms with E-state index in [0.29, 0.717) is 17.7 Å². The molecule has 17 heavy (non-hydrogen) atoms. The maximum Gasteiger partial charge on any atom is 0.331 e. The molecule has 0 aliphatic carbocycles. The van der Waals surface area contributed by atoms with Crippen LogP contribution in [-0.2, 0) is 9.59 Å². The first-order chi connectivity index (χ1) is 8.01. The minimum absolute atomic E-state index is 0.498. The van der Waals surface area contributed by atoms with Crippen molar-refractivity contribution in [2.45, 2.75) is 13.0 Å². The molecule has 0 bridgehead atoms. The Balaban J connectivity index is 3.15. The second-order valence-electron chi connectivity index (χ2n) is 3.74. The van der Waals surface area contributed by atoms with Crippen molar-refractivity contribution in [3.63, 3.8) is 0 Å². The first kappa shape index (κ1) is 13.0. The lowest BCUT2D eigenvalue weighted by molar-refractivity contribution is -0.145. The summed E-state index contributed by atoms with van der Waals surface area (Å²) in [6.45, 7) is 1.82. The van der Waals surface area contributed by atoms with E-state index in [1.54, 1.807) is 25.3 Å². The monoisotopic (exact) mass is 237 g/mol. The van der Waals surface area contributed by atoms with Crippen LogP contribution < -0.4 is 4.74 Å². The molecule has 1 aromatic carbocycles. The molecule has 0 radical (unpaired) electrons. The van der Waals surface area contributed by atoms with Crippen molar-refractivity contribution in [1.82, 2.24) is 4.90 Å². The van der Waals surface area contributed by atoms with Gasteiger partial charge in [-0.2, -0.15) is 0 Å². The predicted molar refractivity (Wildman–Crippen MR) is 61.9 cm³/mol. The summed E-state index contributed by atoms with van der Waals surface area (Å²) < 4.78 is 5.10. The first-order valence-electron chi connectivity index (χ1n) is 5.05. The highest BCUT2D eigenvalue weighted by atomic mass is 16.5. The maximum atomic E-state index is 11.1. The van der Waals surface area contributed by atoms with Crippen molar-refractivity contribution in [3.05, 3.63) is 29.3 Å². The Labute approximate surface area is 99.6 Å². The predicted octanol–water partition coefficient (Wildman–Crippen LogP) is 1.22. The molecule has 1 atom stereocenters.